The number of urea groups is 1. The first-order valence-electron chi connectivity index (χ1n) is 8.66. The zero-order valence-corrected chi connectivity index (χ0v) is 14.6. The lowest BCUT2D eigenvalue weighted by atomic mass is 10.1. The summed E-state index contributed by atoms with van der Waals surface area (Å²) in [4.78, 5) is 14.2. The first-order chi connectivity index (χ1) is 11.7. The summed E-state index contributed by atoms with van der Waals surface area (Å²) in [5, 5.41) is 5.77. The number of amides is 2. The van der Waals surface area contributed by atoms with Crippen LogP contribution in [0.25, 0.3) is 0 Å². The van der Waals surface area contributed by atoms with Gasteiger partial charge in [-0.3, -0.25) is 0 Å². The normalized spacial score (nSPS) is 10.2. The average Bonchev–Trinajstić information content (AvgIpc) is 2.62. The Hall–Kier alpha value is -2.49. The van der Waals surface area contributed by atoms with Crippen LogP contribution in [-0.4, -0.2) is 25.7 Å². The largest absolute Gasteiger partial charge is 0.372 e. The second kappa shape index (κ2) is 9.60. The molecule has 2 rings (SSSR count). The summed E-state index contributed by atoms with van der Waals surface area (Å²) in [5.41, 5.74) is 3.28. The summed E-state index contributed by atoms with van der Waals surface area (Å²) in [6.45, 7) is 6.89. The summed E-state index contributed by atoms with van der Waals surface area (Å²) in [5.74, 6) is 0. The van der Waals surface area contributed by atoms with Crippen LogP contribution in [0.4, 0.5) is 16.2 Å². The molecule has 128 valence electrons. The van der Waals surface area contributed by atoms with Crippen LogP contribution in [-0.2, 0) is 6.42 Å². The van der Waals surface area contributed by atoms with Crippen LogP contribution in [0.1, 0.15) is 25.8 Å². The molecule has 2 aromatic rings. The monoisotopic (exact) mass is 325 g/mol. The molecule has 0 atom stereocenters. The van der Waals surface area contributed by atoms with Crippen molar-refractivity contribution in [1.29, 1.82) is 0 Å². The van der Waals surface area contributed by atoms with Crippen LogP contribution in [0.15, 0.2) is 54.6 Å². The Morgan fingerprint density at radius 3 is 2.25 bits per heavy atom. The van der Waals surface area contributed by atoms with Crippen molar-refractivity contribution in [2.45, 2.75) is 26.7 Å². The van der Waals surface area contributed by atoms with E-state index >= 15 is 0 Å². The number of nitrogens with zero attached hydrogens (tertiary/aromatic N) is 1. The Labute approximate surface area is 144 Å². The fraction of sp³-hybridized carbons (Fsp3) is 0.350. The van der Waals surface area contributed by atoms with E-state index in [1.54, 1.807) is 0 Å². The van der Waals surface area contributed by atoms with Crippen LogP contribution in [0, 0.1) is 0 Å². The van der Waals surface area contributed by atoms with Gasteiger partial charge >= 0.3 is 6.03 Å². The van der Waals surface area contributed by atoms with Crippen molar-refractivity contribution < 1.29 is 4.79 Å². The number of anilines is 2. The summed E-state index contributed by atoms with van der Waals surface area (Å²) >= 11 is 0. The van der Waals surface area contributed by atoms with E-state index in [4.69, 9.17) is 0 Å². The molecule has 2 amide bonds. The van der Waals surface area contributed by atoms with E-state index < -0.39 is 0 Å². The topological polar surface area (TPSA) is 44.4 Å². The second-order valence-corrected chi connectivity index (χ2v) is 5.69. The molecule has 4 heteroatoms. The quantitative estimate of drug-likeness (QED) is 0.711. The number of benzene rings is 2. The molecule has 0 fully saturated rings. The van der Waals surface area contributed by atoms with Gasteiger partial charge in [0.05, 0.1) is 0 Å². The molecule has 0 aromatic heterocycles. The lowest BCUT2D eigenvalue weighted by Gasteiger charge is -2.21. The van der Waals surface area contributed by atoms with Gasteiger partial charge in [-0.2, -0.15) is 0 Å². The Kier molecular flexibility index (Phi) is 7.15. The van der Waals surface area contributed by atoms with E-state index in [0.29, 0.717) is 6.54 Å². The highest BCUT2D eigenvalue weighted by molar-refractivity contribution is 5.89. The third-order valence-electron chi connectivity index (χ3n) is 4.02. The minimum atomic E-state index is -0.154. The van der Waals surface area contributed by atoms with E-state index in [0.717, 1.165) is 31.6 Å². The van der Waals surface area contributed by atoms with Crippen LogP contribution in [0.3, 0.4) is 0 Å². The molecule has 0 unspecified atom stereocenters. The summed E-state index contributed by atoms with van der Waals surface area (Å²) in [6.07, 6.45) is 1.90. The molecule has 4 nitrogen and oxygen atoms in total. The molecular weight excluding hydrogens is 298 g/mol. The molecular formula is C20H27N3O. The van der Waals surface area contributed by atoms with Crippen LogP contribution >= 0.6 is 0 Å². The number of hydrogen-bond acceptors (Lipinski definition) is 2. The molecule has 0 aliphatic carbocycles. The van der Waals surface area contributed by atoms with E-state index in [9.17, 15) is 4.79 Å². The fourth-order valence-corrected chi connectivity index (χ4v) is 2.66. The molecule has 0 aliphatic heterocycles. The lowest BCUT2D eigenvalue weighted by Crippen LogP contribution is -2.29. The number of carbonyl (C=O) groups is 1. The maximum atomic E-state index is 11.9. The van der Waals surface area contributed by atoms with Crippen LogP contribution in [0.5, 0.6) is 0 Å². The first-order valence-corrected chi connectivity index (χ1v) is 8.66. The summed E-state index contributed by atoms with van der Waals surface area (Å²) in [6, 6.07) is 18.1. The number of carbonyl (C=O) groups excluding carboxylic acids is 1. The highest BCUT2D eigenvalue weighted by Crippen LogP contribution is 2.17. The highest BCUT2D eigenvalue weighted by Gasteiger charge is 2.04. The Bertz CT molecular complexity index is 607. The van der Waals surface area contributed by atoms with Gasteiger partial charge in [0.2, 0.25) is 0 Å². The molecule has 0 saturated heterocycles. The van der Waals surface area contributed by atoms with Crippen molar-refractivity contribution in [2.24, 2.45) is 0 Å². The summed E-state index contributed by atoms with van der Waals surface area (Å²) < 4.78 is 0. The van der Waals surface area contributed by atoms with Gasteiger partial charge in [0.1, 0.15) is 0 Å². The minimum Gasteiger partial charge on any atom is -0.372 e. The van der Waals surface area contributed by atoms with Gasteiger partial charge in [0, 0.05) is 31.0 Å². The van der Waals surface area contributed by atoms with E-state index in [1.165, 1.54) is 11.3 Å². The second-order valence-electron chi connectivity index (χ2n) is 5.69. The molecule has 0 spiro atoms. The Balaban J connectivity index is 1.72. The SMILES string of the molecule is CCN(CC)c1ccc(NC(=O)NCCCc2ccccc2)cc1. The summed E-state index contributed by atoms with van der Waals surface area (Å²) in [7, 11) is 0. The number of nitrogens with one attached hydrogen (secondary N) is 2. The standard InChI is InChI=1S/C20H27N3O/c1-3-23(4-2)19-14-12-18(13-15-19)22-20(24)21-16-8-11-17-9-6-5-7-10-17/h5-7,9-10,12-15H,3-4,8,11,16H2,1-2H3,(H2,21,22,24). The molecule has 0 heterocycles. The lowest BCUT2D eigenvalue weighted by molar-refractivity contribution is 0.252. The van der Waals surface area contributed by atoms with E-state index in [-0.39, 0.29) is 6.03 Å². The van der Waals surface area contributed by atoms with Gasteiger partial charge < -0.3 is 15.5 Å². The Morgan fingerprint density at radius 1 is 0.958 bits per heavy atom. The van der Waals surface area contributed by atoms with Crippen molar-refractivity contribution >= 4 is 17.4 Å². The predicted molar refractivity (Wildman–Crippen MR) is 102 cm³/mol. The Morgan fingerprint density at radius 2 is 1.62 bits per heavy atom. The van der Waals surface area contributed by atoms with Crippen molar-refractivity contribution in [3.63, 3.8) is 0 Å². The molecule has 0 saturated carbocycles. The average molecular weight is 325 g/mol. The van der Waals surface area contributed by atoms with Crippen molar-refractivity contribution in [3.8, 4) is 0 Å². The highest BCUT2D eigenvalue weighted by atomic mass is 16.2. The van der Waals surface area contributed by atoms with Gasteiger partial charge in [-0.15, -0.1) is 0 Å². The zero-order valence-electron chi connectivity index (χ0n) is 14.6. The molecule has 2 aromatic carbocycles. The van der Waals surface area contributed by atoms with Gasteiger partial charge in [-0.25, -0.2) is 4.79 Å². The first kappa shape index (κ1) is 17.9. The van der Waals surface area contributed by atoms with Crippen molar-refractivity contribution in [1.82, 2.24) is 5.32 Å². The maximum absolute atomic E-state index is 11.9. The van der Waals surface area contributed by atoms with Crippen molar-refractivity contribution in [2.75, 3.05) is 29.9 Å². The maximum Gasteiger partial charge on any atom is 0.319 e. The minimum absolute atomic E-state index is 0.154. The van der Waals surface area contributed by atoms with Gasteiger partial charge in [0.15, 0.2) is 0 Å². The molecule has 0 radical (unpaired) electrons. The third-order valence-corrected chi connectivity index (χ3v) is 4.02. The fourth-order valence-electron chi connectivity index (χ4n) is 2.66. The van der Waals surface area contributed by atoms with Gasteiger partial charge in [-0.1, -0.05) is 30.3 Å². The predicted octanol–water partition coefficient (Wildman–Crippen LogP) is 4.29. The zero-order chi connectivity index (χ0) is 17.2. The molecule has 2 N–H and O–H groups in total. The molecule has 0 aliphatic rings. The molecule has 0 bridgehead atoms. The van der Waals surface area contributed by atoms with Crippen LogP contribution in [0.2, 0.25) is 0 Å². The van der Waals surface area contributed by atoms with Gasteiger partial charge in [0.25, 0.3) is 0 Å². The van der Waals surface area contributed by atoms with Crippen molar-refractivity contribution in [3.05, 3.63) is 60.2 Å². The smallest absolute Gasteiger partial charge is 0.319 e. The van der Waals surface area contributed by atoms with Gasteiger partial charge in [-0.05, 0) is 56.5 Å². The number of rotatable bonds is 8. The van der Waals surface area contributed by atoms with E-state index in [1.807, 2.05) is 42.5 Å². The number of hydrogen-bond donors (Lipinski definition) is 2. The third kappa shape index (κ3) is 5.61. The van der Waals surface area contributed by atoms with E-state index in [2.05, 4.69) is 41.5 Å². The molecule has 24 heavy (non-hydrogen) atoms. The number of aryl methyl sites for hydroxylation is 1. The van der Waals surface area contributed by atoms with Crippen LogP contribution < -0.4 is 15.5 Å².